The highest BCUT2D eigenvalue weighted by molar-refractivity contribution is 7.99. The Hall–Kier alpha value is -1.01. The van der Waals surface area contributed by atoms with Crippen LogP contribution in [0.1, 0.15) is 48.9 Å². The normalized spacial score (nSPS) is 24.0. The van der Waals surface area contributed by atoms with E-state index in [9.17, 15) is 4.79 Å². The Balaban J connectivity index is 1.60. The average Bonchev–Trinajstić information content (AvgIpc) is 3.14. The molecular weight excluding hydrogens is 298 g/mol. The molecule has 0 aliphatic carbocycles. The summed E-state index contributed by atoms with van der Waals surface area (Å²) in [5.41, 5.74) is 0.850. The van der Waals surface area contributed by atoms with E-state index in [-0.39, 0.29) is 11.8 Å². The van der Waals surface area contributed by atoms with Gasteiger partial charge < -0.3 is 9.42 Å². The van der Waals surface area contributed by atoms with E-state index in [1.807, 2.05) is 16.7 Å². The first-order chi connectivity index (χ1) is 10.6. The number of carbonyl (C=O) groups excluding carboxylic acids is 1. The predicted octanol–water partition coefficient (Wildman–Crippen LogP) is 2.45. The molecule has 1 amide bonds. The van der Waals surface area contributed by atoms with Crippen molar-refractivity contribution >= 4 is 17.7 Å². The minimum atomic E-state index is -0.0120. The van der Waals surface area contributed by atoms with Gasteiger partial charge in [-0.2, -0.15) is 11.8 Å². The van der Waals surface area contributed by atoms with E-state index in [0.717, 1.165) is 38.3 Å². The molecule has 3 rings (SSSR count). The molecule has 3 heterocycles. The Bertz CT molecular complexity index is 511. The van der Waals surface area contributed by atoms with Gasteiger partial charge in [0, 0.05) is 44.0 Å². The van der Waals surface area contributed by atoms with Gasteiger partial charge in [-0.05, 0) is 24.5 Å². The van der Waals surface area contributed by atoms with Crippen LogP contribution < -0.4 is 0 Å². The van der Waals surface area contributed by atoms with E-state index in [2.05, 4.69) is 23.9 Å². The zero-order valence-electron chi connectivity index (χ0n) is 13.5. The third kappa shape index (κ3) is 3.49. The van der Waals surface area contributed by atoms with Crippen molar-refractivity contribution in [1.82, 2.24) is 15.0 Å². The maximum absolute atomic E-state index is 12.6. The Labute approximate surface area is 136 Å². The second-order valence-electron chi connectivity index (χ2n) is 6.47. The van der Waals surface area contributed by atoms with Crippen LogP contribution in [0.5, 0.6) is 0 Å². The number of carbonyl (C=O) groups is 1. The molecule has 0 radical (unpaired) electrons. The minimum absolute atomic E-state index is 0.0120. The van der Waals surface area contributed by atoms with Crippen LogP contribution in [0.4, 0.5) is 0 Å². The van der Waals surface area contributed by atoms with E-state index < -0.39 is 0 Å². The Kier molecular flexibility index (Phi) is 5.08. The first kappa shape index (κ1) is 15.9. The molecule has 1 unspecified atom stereocenters. The molecule has 0 bridgehead atoms. The van der Waals surface area contributed by atoms with Gasteiger partial charge in [0.2, 0.25) is 5.76 Å². The standard InChI is InChI=1S/C16H25N3O2S/c1-12(2)14-10-15(21-17-14)16(20)19-6-3-5-18(7-8-19)13-4-9-22-11-13/h10,12-13H,3-9,11H2,1-2H3. The van der Waals surface area contributed by atoms with Gasteiger partial charge in [-0.1, -0.05) is 19.0 Å². The number of nitrogens with zero attached hydrogens (tertiary/aromatic N) is 3. The number of hydrogen-bond donors (Lipinski definition) is 0. The van der Waals surface area contributed by atoms with Gasteiger partial charge in [0.05, 0.1) is 5.69 Å². The van der Waals surface area contributed by atoms with Crippen molar-refractivity contribution in [1.29, 1.82) is 0 Å². The highest BCUT2D eigenvalue weighted by Gasteiger charge is 2.28. The van der Waals surface area contributed by atoms with E-state index in [1.165, 1.54) is 17.9 Å². The fourth-order valence-electron chi connectivity index (χ4n) is 3.13. The second-order valence-corrected chi connectivity index (χ2v) is 7.62. The molecule has 1 aromatic rings. The minimum Gasteiger partial charge on any atom is -0.351 e. The molecule has 6 heteroatoms. The summed E-state index contributed by atoms with van der Waals surface area (Å²) in [6.07, 6.45) is 2.33. The molecule has 2 aliphatic rings. The van der Waals surface area contributed by atoms with E-state index >= 15 is 0 Å². The first-order valence-electron chi connectivity index (χ1n) is 8.23. The van der Waals surface area contributed by atoms with Crippen LogP contribution in [0, 0.1) is 0 Å². The molecule has 1 atom stereocenters. The maximum Gasteiger partial charge on any atom is 0.292 e. The van der Waals surface area contributed by atoms with Crippen LogP contribution in [-0.2, 0) is 0 Å². The molecular formula is C16H25N3O2S. The summed E-state index contributed by atoms with van der Waals surface area (Å²) in [6.45, 7) is 7.78. The Morgan fingerprint density at radius 3 is 2.91 bits per heavy atom. The van der Waals surface area contributed by atoms with E-state index in [4.69, 9.17) is 4.52 Å². The fourth-order valence-corrected chi connectivity index (χ4v) is 4.39. The SMILES string of the molecule is CC(C)c1cc(C(=O)N2CCCN(C3CCSC3)CC2)on1. The van der Waals surface area contributed by atoms with Gasteiger partial charge in [-0.15, -0.1) is 0 Å². The molecule has 2 aliphatic heterocycles. The Morgan fingerprint density at radius 1 is 1.36 bits per heavy atom. The molecule has 0 aromatic carbocycles. The molecule has 1 aromatic heterocycles. The molecule has 2 fully saturated rings. The lowest BCUT2D eigenvalue weighted by Gasteiger charge is -2.26. The first-order valence-corrected chi connectivity index (χ1v) is 9.38. The highest BCUT2D eigenvalue weighted by atomic mass is 32.2. The topological polar surface area (TPSA) is 49.6 Å². The third-order valence-electron chi connectivity index (χ3n) is 4.57. The number of aromatic nitrogens is 1. The summed E-state index contributed by atoms with van der Waals surface area (Å²) in [7, 11) is 0. The average molecular weight is 323 g/mol. The van der Waals surface area contributed by atoms with E-state index in [0.29, 0.717) is 11.8 Å². The largest absolute Gasteiger partial charge is 0.351 e. The lowest BCUT2D eigenvalue weighted by atomic mass is 10.1. The number of hydrogen-bond acceptors (Lipinski definition) is 5. The summed E-state index contributed by atoms with van der Waals surface area (Å²) in [5.74, 6) is 3.17. The quantitative estimate of drug-likeness (QED) is 0.855. The number of thioether (sulfide) groups is 1. The van der Waals surface area contributed by atoms with Gasteiger partial charge in [-0.25, -0.2) is 0 Å². The molecule has 122 valence electrons. The van der Waals surface area contributed by atoms with Crippen molar-refractivity contribution < 1.29 is 9.32 Å². The lowest BCUT2D eigenvalue weighted by molar-refractivity contribution is 0.0717. The fraction of sp³-hybridized carbons (Fsp3) is 0.750. The molecule has 22 heavy (non-hydrogen) atoms. The zero-order valence-corrected chi connectivity index (χ0v) is 14.3. The zero-order chi connectivity index (χ0) is 15.5. The van der Waals surface area contributed by atoms with Crippen LogP contribution in [0.15, 0.2) is 10.6 Å². The van der Waals surface area contributed by atoms with Crippen molar-refractivity contribution in [3.8, 4) is 0 Å². The molecule has 5 nitrogen and oxygen atoms in total. The van der Waals surface area contributed by atoms with E-state index in [1.54, 1.807) is 6.07 Å². The summed E-state index contributed by atoms with van der Waals surface area (Å²) in [4.78, 5) is 17.1. The summed E-state index contributed by atoms with van der Waals surface area (Å²) >= 11 is 2.05. The Morgan fingerprint density at radius 2 is 2.23 bits per heavy atom. The van der Waals surface area contributed by atoms with Crippen molar-refractivity contribution in [3.63, 3.8) is 0 Å². The molecule has 0 saturated carbocycles. The van der Waals surface area contributed by atoms with Gasteiger partial charge >= 0.3 is 0 Å². The second kappa shape index (κ2) is 7.04. The van der Waals surface area contributed by atoms with Crippen molar-refractivity contribution in [2.45, 2.75) is 38.6 Å². The van der Waals surface area contributed by atoms with Crippen molar-refractivity contribution in [2.75, 3.05) is 37.7 Å². The van der Waals surface area contributed by atoms with Crippen LogP contribution in [0.3, 0.4) is 0 Å². The summed E-state index contributed by atoms with van der Waals surface area (Å²) in [5, 5.41) is 4.00. The van der Waals surface area contributed by atoms with Gasteiger partial charge in [-0.3, -0.25) is 9.69 Å². The molecule has 0 N–H and O–H groups in total. The molecule has 0 spiro atoms. The van der Waals surface area contributed by atoms with Gasteiger partial charge in [0.15, 0.2) is 0 Å². The number of rotatable bonds is 3. The van der Waals surface area contributed by atoms with Gasteiger partial charge in [0.1, 0.15) is 0 Å². The van der Waals surface area contributed by atoms with Crippen LogP contribution in [0.25, 0.3) is 0 Å². The summed E-state index contributed by atoms with van der Waals surface area (Å²) < 4.78 is 5.25. The van der Waals surface area contributed by atoms with Gasteiger partial charge in [0.25, 0.3) is 5.91 Å². The van der Waals surface area contributed by atoms with Crippen LogP contribution >= 0.6 is 11.8 Å². The molecule has 2 saturated heterocycles. The smallest absolute Gasteiger partial charge is 0.292 e. The summed E-state index contributed by atoms with van der Waals surface area (Å²) in [6, 6.07) is 2.50. The van der Waals surface area contributed by atoms with Crippen molar-refractivity contribution in [3.05, 3.63) is 17.5 Å². The lowest BCUT2D eigenvalue weighted by Crippen LogP contribution is -2.39. The van der Waals surface area contributed by atoms with Crippen molar-refractivity contribution in [2.24, 2.45) is 0 Å². The third-order valence-corrected chi connectivity index (χ3v) is 5.72. The predicted molar refractivity (Wildman–Crippen MR) is 88.4 cm³/mol. The van der Waals surface area contributed by atoms with Crippen LogP contribution in [-0.4, -0.2) is 64.6 Å². The monoisotopic (exact) mass is 323 g/mol. The maximum atomic E-state index is 12.6. The van der Waals surface area contributed by atoms with Crippen LogP contribution in [0.2, 0.25) is 0 Å². The number of amides is 1. The highest BCUT2D eigenvalue weighted by Crippen LogP contribution is 2.23.